The molecule has 0 fully saturated rings. The molecule has 0 saturated heterocycles. The molecule has 0 aliphatic heterocycles. The molecule has 1 amide bonds. The molecule has 5 rings (SSSR count). The van der Waals surface area contributed by atoms with Gasteiger partial charge in [0, 0.05) is 23.9 Å². The number of para-hydroxylation sites is 2. The van der Waals surface area contributed by atoms with Crippen LogP contribution in [0.4, 0.5) is 0 Å². The van der Waals surface area contributed by atoms with Gasteiger partial charge in [0.1, 0.15) is 11.6 Å². The Morgan fingerprint density at radius 2 is 1.52 bits per heavy atom. The van der Waals surface area contributed by atoms with Crippen LogP contribution in [0, 0.1) is 6.92 Å². The first kappa shape index (κ1) is 29.1. The SMILES string of the molecule is Cc1ccc(CSc2nnc(C(CCCCNC(=O)c3ccccc3O)Cc3ccccc3)n2-c2ccccc2)cc1. The molecular formula is C35H36N4O2S. The molecule has 0 spiro atoms. The Labute approximate surface area is 251 Å². The number of benzene rings is 4. The van der Waals surface area contributed by atoms with Crippen LogP contribution in [0.15, 0.2) is 114 Å². The number of carbonyl (C=O) groups is 1. The quantitative estimate of drug-likeness (QED) is 0.112. The summed E-state index contributed by atoms with van der Waals surface area (Å²) in [5, 5.41) is 23.3. The molecule has 1 atom stereocenters. The number of aryl methyl sites for hydroxylation is 1. The lowest BCUT2D eigenvalue weighted by atomic mass is 9.93. The van der Waals surface area contributed by atoms with Crippen molar-refractivity contribution in [2.24, 2.45) is 0 Å². The summed E-state index contributed by atoms with van der Waals surface area (Å²) in [4.78, 5) is 12.5. The summed E-state index contributed by atoms with van der Waals surface area (Å²) in [6.45, 7) is 2.64. The number of unbranched alkanes of at least 4 members (excludes halogenated alkanes) is 1. The summed E-state index contributed by atoms with van der Waals surface area (Å²) in [5.74, 6) is 1.64. The lowest BCUT2D eigenvalue weighted by molar-refractivity contribution is 0.0950. The molecule has 0 bridgehead atoms. The number of thioether (sulfide) groups is 1. The molecule has 1 heterocycles. The number of nitrogens with zero attached hydrogens (tertiary/aromatic N) is 3. The molecule has 0 aliphatic rings. The van der Waals surface area contributed by atoms with E-state index < -0.39 is 0 Å². The number of amides is 1. The van der Waals surface area contributed by atoms with Crippen molar-refractivity contribution in [2.75, 3.05) is 6.54 Å². The highest BCUT2D eigenvalue weighted by Crippen LogP contribution is 2.32. The number of hydrogen-bond acceptors (Lipinski definition) is 5. The summed E-state index contributed by atoms with van der Waals surface area (Å²) in [7, 11) is 0. The number of hydrogen-bond donors (Lipinski definition) is 2. The maximum Gasteiger partial charge on any atom is 0.255 e. The van der Waals surface area contributed by atoms with E-state index in [9.17, 15) is 9.90 Å². The molecule has 4 aromatic carbocycles. The zero-order chi connectivity index (χ0) is 29.1. The Hall–Kier alpha value is -4.36. The van der Waals surface area contributed by atoms with Crippen molar-refractivity contribution < 1.29 is 9.90 Å². The Balaban J connectivity index is 1.33. The zero-order valence-electron chi connectivity index (χ0n) is 23.8. The normalized spacial score (nSPS) is 11.7. The number of phenolic OH excluding ortho intramolecular Hbond substituents is 1. The minimum absolute atomic E-state index is 0.00535. The molecule has 214 valence electrons. The van der Waals surface area contributed by atoms with Gasteiger partial charge in [-0.25, -0.2) is 0 Å². The molecule has 5 aromatic rings. The van der Waals surface area contributed by atoms with Crippen LogP contribution in [-0.4, -0.2) is 32.3 Å². The van der Waals surface area contributed by atoms with Crippen molar-refractivity contribution >= 4 is 17.7 Å². The minimum Gasteiger partial charge on any atom is -0.507 e. The highest BCUT2D eigenvalue weighted by Gasteiger charge is 2.23. The highest BCUT2D eigenvalue weighted by molar-refractivity contribution is 7.98. The van der Waals surface area contributed by atoms with Crippen molar-refractivity contribution in [3.63, 3.8) is 0 Å². The smallest absolute Gasteiger partial charge is 0.255 e. The summed E-state index contributed by atoms with van der Waals surface area (Å²) in [6.07, 6.45) is 3.47. The van der Waals surface area contributed by atoms with Crippen LogP contribution >= 0.6 is 11.8 Å². The average Bonchev–Trinajstić information content (AvgIpc) is 3.45. The van der Waals surface area contributed by atoms with E-state index in [4.69, 9.17) is 10.2 Å². The number of nitrogens with one attached hydrogen (secondary N) is 1. The molecule has 1 unspecified atom stereocenters. The van der Waals surface area contributed by atoms with Crippen LogP contribution in [0.3, 0.4) is 0 Å². The predicted octanol–water partition coefficient (Wildman–Crippen LogP) is 7.50. The van der Waals surface area contributed by atoms with E-state index in [1.807, 2.05) is 24.3 Å². The number of aromatic hydroxyl groups is 1. The predicted molar refractivity (Wildman–Crippen MR) is 169 cm³/mol. The van der Waals surface area contributed by atoms with Crippen molar-refractivity contribution in [1.29, 1.82) is 0 Å². The second-order valence-electron chi connectivity index (χ2n) is 10.4. The first-order chi connectivity index (χ1) is 20.6. The average molecular weight is 577 g/mol. The monoisotopic (exact) mass is 576 g/mol. The minimum atomic E-state index is -0.256. The highest BCUT2D eigenvalue weighted by atomic mass is 32.2. The number of phenols is 1. The summed E-state index contributed by atoms with van der Waals surface area (Å²) < 4.78 is 2.21. The van der Waals surface area contributed by atoms with Gasteiger partial charge in [-0.15, -0.1) is 10.2 Å². The van der Waals surface area contributed by atoms with E-state index in [0.29, 0.717) is 12.1 Å². The molecule has 6 nitrogen and oxygen atoms in total. The molecule has 0 saturated carbocycles. The van der Waals surface area contributed by atoms with E-state index in [0.717, 1.165) is 48.1 Å². The van der Waals surface area contributed by atoms with E-state index in [1.165, 1.54) is 22.8 Å². The molecule has 7 heteroatoms. The summed E-state index contributed by atoms with van der Waals surface area (Å²) in [6, 6.07) is 36.1. The Bertz CT molecular complexity index is 1570. The van der Waals surface area contributed by atoms with Crippen LogP contribution in [0.2, 0.25) is 0 Å². The Kier molecular flexibility index (Phi) is 10.1. The molecule has 42 heavy (non-hydrogen) atoms. The number of carbonyl (C=O) groups excluding carboxylic acids is 1. The maximum atomic E-state index is 12.5. The van der Waals surface area contributed by atoms with Gasteiger partial charge in [0.05, 0.1) is 5.56 Å². The van der Waals surface area contributed by atoms with Gasteiger partial charge in [-0.1, -0.05) is 109 Å². The first-order valence-electron chi connectivity index (χ1n) is 14.4. The third-order valence-electron chi connectivity index (χ3n) is 7.26. The van der Waals surface area contributed by atoms with Crippen LogP contribution < -0.4 is 5.32 Å². The van der Waals surface area contributed by atoms with Gasteiger partial charge >= 0.3 is 0 Å². The molecule has 1 aromatic heterocycles. The Morgan fingerprint density at radius 1 is 0.833 bits per heavy atom. The second kappa shape index (κ2) is 14.5. The fourth-order valence-corrected chi connectivity index (χ4v) is 5.91. The van der Waals surface area contributed by atoms with Crippen LogP contribution in [0.1, 0.15) is 58.1 Å². The van der Waals surface area contributed by atoms with E-state index in [-0.39, 0.29) is 17.6 Å². The van der Waals surface area contributed by atoms with Gasteiger partial charge in [0.2, 0.25) is 0 Å². The van der Waals surface area contributed by atoms with E-state index >= 15 is 0 Å². The van der Waals surface area contributed by atoms with Gasteiger partial charge in [0.15, 0.2) is 5.16 Å². The Morgan fingerprint density at radius 3 is 2.26 bits per heavy atom. The third-order valence-corrected chi connectivity index (χ3v) is 8.27. The van der Waals surface area contributed by atoms with Gasteiger partial charge in [-0.05, 0) is 61.6 Å². The van der Waals surface area contributed by atoms with E-state index in [2.05, 4.69) is 77.5 Å². The lowest BCUT2D eigenvalue weighted by Gasteiger charge is -2.19. The fourth-order valence-electron chi connectivity index (χ4n) is 4.99. The van der Waals surface area contributed by atoms with Gasteiger partial charge in [-0.2, -0.15) is 0 Å². The van der Waals surface area contributed by atoms with Crippen molar-refractivity contribution in [1.82, 2.24) is 20.1 Å². The standard InChI is InChI=1S/C35H36N4O2S/c1-26-19-21-28(22-20-26)25-42-35-38-37-33(39(35)30-15-6-3-7-16-30)29(24-27-12-4-2-5-13-27)14-10-11-23-36-34(41)31-17-8-9-18-32(31)40/h2-9,12-13,15-22,29,40H,10-11,14,23-25H2,1H3,(H,36,41). The van der Waals surface area contributed by atoms with Gasteiger partial charge in [-0.3, -0.25) is 9.36 Å². The molecule has 0 aliphatic carbocycles. The zero-order valence-corrected chi connectivity index (χ0v) is 24.6. The fraction of sp³-hybridized carbons (Fsp3) is 0.229. The van der Waals surface area contributed by atoms with Gasteiger partial charge in [0.25, 0.3) is 5.91 Å². The first-order valence-corrected chi connectivity index (χ1v) is 15.4. The maximum absolute atomic E-state index is 12.5. The largest absolute Gasteiger partial charge is 0.507 e. The lowest BCUT2D eigenvalue weighted by Crippen LogP contribution is -2.24. The topological polar surface area (TPSA) is 80.0 Å². The van der Waals surface area contributed by atoms with Crippen molar-refractivity contribution in [3.8, 4) is 11.4 Å². The van der Waals surface area contributed by atoms with Crippen molar-refractivity contribution in [3.05, 3.63) is 137 Å². The second-order valence-corrected chi connectivity index (χ2v) is 11.4. The number of rotatable bonds is 13. The van der Waals surface area contributed by atoms with Crippen molar-refractivity contribution in [2.45, 2.75) is 49.4 Å². The third kappa shape index (κ3) is 7.68. The molecular weight excluding hydrogens is 540 g/mol. The molecule has 0 radical (unpaired) electrons. The van der Waals surface area contributed by atoms with Gasteiger partial charge < -0.3 is 10.4 Å². The van der Waals surface area contributed by atoms with Crippen LogP contribution in [0.25, 0.3) is 5.69 Å². The summed E-state index contributed by atoms with van der Waals surface area (Å²) in [5.41, 5.74) is 5.11. The number of aromatic nitrogens is 3. The van der Waals surface area contributed by atoms with Crippen LogP contribution in [0.5, 0.6) is 5.75 Å². The van der Waals surface area contributed by atoms with E-state index in [1.54, 1.807) is 30.0 Å². The summed E-state index contributed by atoms with van der Waals surface area (Å²) >= 11 is 1.70. The molecule has 2 N–H and O–H groups in total. The van der Waals surface area contributed by atoms with Crippen LogP contribution in [-0.2, 0) is 12.2 Å².